The van der Waals surface area contributed by atoms with Crippen LogP contribution in [0.3, 0.4) is 0 Å². The van der Waals surface area contributed by atoms with Crippen molar-refractivity contribution in [2.75, 3.05) is 13.2 Å². The molecule has 0 amide bonds. The number of hydrogen-bond donors (Lipinski definition) is 2. The second kappa shape index (κ2) is 6.45. The fourth-order valence-electron chi connectivity index (χ4n) is 5.81. The van der Waals surface area contributed by atoms with Gasteiger partial charge in [0.05, 0.1) is 25.7 Å². The van der Waals surface area contributed by atoms with E-state index in [1.165, 1.54) is 0 Å². The maximum Gasteiger partial charge on any atom is 0.306 e. The summed E-state index contributed by atoms with van der Waals surface area (Å²) >= 11 is 0. The number of allylic oxidation sites excluding steroid dienone is 1. The third-order valence-corrected chi connectivity index (χ3v) is 7.59. The van der Waals surface area contributed by atoms with Gasteiger partial charge in [-0.05, 0) is 60.3 Å². The molecule has 1 aliphatic heterocycles. The van der Waals surface area contributed by atoms with Gasteiger partial charge in [-0.3, -0.25) is 4.79 Å². The molecule has 2 aliphatic carbocycles. The molecule has 0 aromatic rings. The van der Waals surface area contributed by atoms with Crippen molar-refractivity contribution in [1.82, 2.24) is 0 Å². The molecule has 3 aliphatic rings. The Morgan fingerprint density at radius 1 is 1.38 bits per heavy atom. The Morgan fingerprint density at radius 2 is 2.12 bits per heavy atom. The first kappa shape index (κ1) is 17.9. The normalized spacial score (nSPS) is 45.5. The van der Waals surface area contributed by atoms with Crippen molar-refractivity contribution in [3.8, 4) is 0 Å². The lowest BCUT2D eigenvalue weighted by molar-refractivity contribution is -0.137. The summed E-state index contributed by atoms with van der Waals surface area (Å²) in [7, 11) is 0. The molecule has 6 unspecified atom stereocenters. The molecule has 1 saturated heterocycles. The van der Waals surface area contributed by atoms with Crippen molar-refractivity contribution < 1.29 is 19.7 Å². The standard InChI is InChI=1S/C20H32O4/c1-13-16(22)10-20(3)15(11-21)5-4-6-17(20)19(13,2)8-7-14-9-18(23)24-12-14/h5,13-14,16-17,21-22H,4,6-12H2,1-3H3. The molecule has 1 saturated carbocycles. The van der Waals surface area contributed by atoms with Crippen molar-refractivity contribution in [2.24, 2.45) is 28.6 Å². The monoisotopic (exact) mass is 336 g/mol. The van der Waals surface area contributed by atoms with Gasteiger partial charge in [0.1, 0.15) is 0 Å². The number of aliphatic hydroxyl groups excluding tert-OH is 2. The number of ether oxygens (including phenoxy) is 1. The lowest BCUT2D eigenvalue weighted by Gasteiger charge is -2.59. The van der Waals surface area contributed by atoms with E-state index in [4.69, 9.17) is 4.74 Å². The zero-order chi connectivity index (χ0) is 17.5. The predicted octanol–water partition coefficient (Wildman–Crippen LogP) is 3.07. The van der Waals surface area contributed by atoms with Gasteiger partial charge in [0.25, 0.3) is 0 Å². The second-order valence-electron chi connectivity index (χ2n) is 8.79. The van der Waals surface area contributed by atoms with Crippen LogP contribution < -0.4 is 0 Å². The van der Waals surface area contributed by atoms with Gasteiger partial charge < -0.3 is 14.9 Å². The minimum atomic E-state index is -0.342. The number of aliphatic hydroxyl groups is 2. The van der Waals surface area contributed by atoms with Crippen LogP contribution in [0.5, 0.6) is 0 Å². The quantitative estimate of drug-likeness (QED) is 0.611. The molecule has 2 fully saturated rings. The average molecular weight is 336 g/mol. The molecule has 0 aromatic carbocycles. The summed E-state index contributed by atoms with van der Waals surface area (Å²) in [5, 5.41) is 20.6. The molecule has 2 N–H and O–H groups in total. The highest BCUT2D eigenvalue weighted by Gasteiger charge is 2.56. The Bertz CT molecular complexity index is 528. The minimum absolute atomic E-state index is 0.0206. The largest absolute Gasteiger partial charge is 0.465 e. The van der Waals surface area contributed by atoms with E-state index in [0.29, 0.717) is 24.9 Å². The van der Waals surface area contributed by atoms with Crippen LogP contribution in [-0.2, 0) is 9.53 Å². The molecule has 0 bridgehead atoms. The number of carbonyl (C=O) groups excluding carboxylic acids is 1. The third kappa shape index (κ3) is 2.82. The molecule has 0 spiro atoms. The van der Waals surface area contributed by atoms with E-state index in [1.807, 2.05) is 0 Å². The Balaban J connectivity index is 1.83. The van der Waals surface area contributed by atoms with E-state index in [9.17, 15) is 15.0 Å². The van der Waals surface area contributed by atoms with Crippen molar-refractivity contribution in [3.63, 3.8) is 0 Å². The second-order valence-corrected chi connectivity index (χ2v) is 8.79. The number of hydrogen-bond acceptors (Lipinski definition) is 4. The highest BCUT2D eigenvalue weighted by atomic mass is 16.5. The van der Waals surface area contributed by atoms with Gasteiger partial charge in [0.2, 0.25) is 0 Å². The van der Waals surface area contributed by atoms with Crippen LogP contribution in [0.1, 0.15) is 59.3 Å². The molecule has 3 rings (SSSR count). The van der Waals surface area contributed by atoms with E-state index in [-0.39, 0.29) is 35.4 Å². The number of fused-ring (bicyclic) bond motifs is 1. The molecule has 4 nitrogen and oxygen atoms in total. The van der Waals surface area contributed by atoms with Crippen molar-refractivity contribution in [1.29, 1.82) is 0 Å². The highest BCUT2D eigenvalue weighted by molar-refractivity contribution is 5.71. The van der Waals surface area contributed by atoms with Gasteiger partial charge >= 0.3 is 5.97 Å². The van der Waals surface area contributed by atoms with Gasteiger partial charge in [-0.25, -0.2) is 0 Å². The summed E-state index contributed by atoms with van der Waals surface area (Å²) in [5.74, 6) is 0.943. The molecule has 136 valence electrons. The number of cyclic esters (lactones) is 1. The molecular formula is C20H32O4. The maximum absolute atomic E-state index is 11.4. The van der Waals surface area contributed by atoms with Crippen LogP contribution in [0.4, 0.5) is 0 Å². The summed E-state index contributed by atoms with van der Waals surface area (Å²) in [4.78, 5) is 11.4. The highest BCUT2D eigenvalue weighted by Crippen LogP contribution is 2.62. The van der Waals surface area contributed by atoms with Crippen LogP contribution in [0, 0.1) is 28.6 Å². The van der Waals surface area contributed by atoms with Crippen molar-refractivity contribution in [2.45, 2.75) is 65.4 Å². The van der Waals surface area contributed by atoms with E-state index in [1.54, 1.807) is 0 Å². The third-order valence-electron chi connectivity index (χ3n) is 7.59. The van der Waals surface area contributed by atoms with Crippen LogP contribution in [0.2, 0.25) is 0 Å². The van der Waals surface area contributed by atoms with Gasteiger partial charge in [0, 0.05) is 5.92 Å². The van der Waals surface area contributed by atoms with E-state index in [2.05, 4.69) is 26.8 Å². The van der Waals surface area contributed by atoms with Gasteiger partial charge in [0.15, 0.2) is 0 Å². The van der Waals surface area contributed by atoms with Gasteiger partial charge in [-0.1, -0.05) is 26.8 Å². The lowest BCUT2D eigenvalue weighted by atomic mass is 9.46. The van der Waals surface area contributed by atoms with Gasteiger partial charge in [-0.2, -0.15) is 0 Å². The van der Waals surface area contributed by atoms with Crippen molar-refractivity contribution >= 4 is 5.97 Å². The number of esters is 1. The van der Waals surface area contributed by atoms with E-state index in [0.717, 1.165) is 37.7 Å². The first-order valence-electron chi connectivity index (χ1n) is 9.45. The average Bonchev–Trinajstić information content (AvgIpc) is 2.96. The smallest absolute Gasteiger partial charge is 0.306 e. The molecule has 24 heavy (non-hydrogen) atoms. The summed E-state index contributed by atoms with van der Waals surface area (Å²) in [6.07, 6.45) is 7.24. The van der Waals surface area contributed by atoms with Crippen LogP contribution in [0.25, 0.3) is 0 Å². The SMILES string of the molecule is CC1C(O)CC2(C)C(CO)=CCCC2C1(C)CCC1COC(=O)C1. The molecule has 0 aromatic heterocycles. The zero-order valence-electron chi connectivity index (χ0n) is 15.3. The Hall–Kier alpha value is -0.870. The zero-order valence-corrected chi connectivity index (χ0v) is 15.3. The fourth-order valence-corrected chi connectivity index (χ4v) is 5.81. The Morgan fingerprint density at radius 3 is 2.75 bits per heavy atom. The van der Waals surface area contributed by atoms with E-state index >= 15 is 0 Å². The fraction of sp³-hybridized carbons (Fsp3) is 0.850. The predicted molar refractivity (Wildman–Crippen MR) is 92.2 cm³/mol. The summed E-state index contributed by atoms with van der Waals surface area (Å²) < 4.78 is 5.12. The number of rotatable bonds is 4. The van der Waals surface area contributed by atoms with Crippen LogP contribution >= 0.6 is 0 Å². The molecule has 1 heterocycles. The summed E-state index contributed by atoms with van der Waals surface area (Å²) in [6.45, 7) is 7.37. The topological polar surface area (TPSA) is 66.8 Å². The first-order chi connectivity index (χ1) is 11.3. The van der Waals surface area contributed by atoms with Gasteiger partial charge in [-0.15, -0.1) is 0 Å². The van der Waals surface area contributed by atoms with E-state index < -0.39 is 0 Å². The van der Waals surface area contributed by atoms with Crippen LogP contribution in [-0.4, -0.2) is 35.5 Å². The Labute approximate surface area is 145 Å². The number of carbonyl (C=O) groups is 1. The molecule has 6 atom stereocenters. The lowest BCUT2D eigenvalue weighted by Crippen LogP contribution is -2.55. The van der Waals surface area contributed by atoms with Crippen LogP contribution in [0.15, 0.2) is 11.6 Å². The molecule has 4 heteroatoms. The summed E-state index contributed by atoms with van der Waals surface area (Å²) in [6, 6.07) is 0. The summed E-state index contributed by atoms with van der Waals surface area (Å²) in [5.41, 5.74) is 1.01. The molecular weight excluding hydrogens is 304 g/mol. The first-order valence-corrected chi connectivity index (χ1v) is 9.45. The Kier molecular flexibility index (Phi) is 4.82. The minimum Gasteiger partial charge on any atom is -0.465 e. The molecule has 0 radical (unpaired) electrons. The van der Waals surface area contributed by atoms with Crippen molar-refractivity contribution in [3.05, 3.63) is 11.6 Å². The maximum atomic E-state index is 11.4.